The Labute approximate surface area is 194 Å². The predicted molar refractivity (Wildman–Crippen MR) is 124 cm³/mol. The van der Waals surface area contributed by atoms with Crippen LogP contribution in [0.25, 0.3) is 6.08 Å². The highest BCUT2D eigenvalue weighted by molar-refractivity contribution is 9.10. The summed E-state index contributed by atoms with van der Waals surface area (Å²) >= 11 is 3.53. The van der Waals surface area contributed by atoms with E-state index >= 15 is 0 Å². The van der Waals surface area contributed by atoms with E-state index in [1.807, 2.05) is 56.3 Å². The lowest BCUT2D eigenvalue weighted by atomic mass is 10.0. The quantitative estimate of drug-likeness (QED) is 0.410. The molecule has 3 aromatic carbocycles. The number of Topliss-reactive ketones (excluding diaryl/α,β-unsaturated/α-hetero) is 1. The van der Waals surface area contributed by atoms with Gasteiger partial charge in [-0.2, -0.15) is 0 Å². The van der Waals surface area contributed by atoms with Gasteiger partial charge in [0.15, 0.2) is 12.6 Å². The molecule has 2 aliphatic rings. The van der Waals surface area contributed by atoms with Crippen molar-refractivity contribution in [3.05, 3.63) is 92.1 Å². The highest BCUT2D eigenvalue weighted by atomic mass is 79.9. The molecule has 0 saturated carbocycles. The number of rotatable bonds is 4. The molecule has 2 aliphatic heterocycles. The molecule has 0 N–H and O–H groups in total. The zero-order chi connectivity index (χ0) is 22.2. The first kappa shape index (κ1) is 20.8. The van der Waals surface area contributed by atoms with E-state index in [4.69, 9.17) is 18.9 Å². The number of aryl methyl sites for hydroxylation is 2. The fourth-order valence-electron chi connectivity index (χ4n) is 4.00. The number of hydrogen-bond acceptors (Lipinski definition) is 5. The van der Waals surface area contributed by atoms with E-state index < -0.39 is 0 Å². The summed E-state index contributed by atoms with van der Waals surface area (Å²) in [5, 5.41) is 0. The number of halogens is 1. The van der Waals surface area contributed by atoms with Crippen LogP contribution in [0.1, 0.15) is 38.2 Å². The van der Waals surface area contributed by atoms with Crippen LogP contribution in [0.3, 0.4) is 0 Å². The Bertz CT molecular complexity index is 1260. The highest BCUT2D eigenvalue weighted by Crippen LogP contribution is 2.38. The van der Waals surface area contributed by atoms with Gasteiger partial charge in [-0.05, 0) is 49.2 Å². The van der Waals surface area contributed by atoms with Crippen molar-refractivity contribution < 1.29 is 23.7 Å². The van der Waals surface area contributed by atoms with Crippen molar-refractivity contribution >= 4 is 27.8 Å². The molecule has 0 unspecified atom stereocenters. The fraction of sp³-hybridized carbons (Fsp3) is 0.192. The summed E-state index contributed by atoms with van der Waals surface area (Å²) in [6.07, 6.45) is 1.78. The maximum absolute atomic E-state index is 12.9. The standard InChI is InChI=1S/C26H21BrO5/c1-15-4-3-5-17(6-15)8-23-25(28)24-16(2)7-21(11-22(24)32-23)30-13-19-10-20(27)9-18-12-29-14-31-26(18)19/h3-11H,12-14H2,1-2H3/b23-8-. The van der Waals surface area contributed by atoms with E-state index in [-0.39, 0.29) is 12.6 Å². The lowest BCUT2D eigenvalue weighted by Gasteiger charge is -2.21. The van der Waals surface area contributed by atoms with Gasteiger partial charge in [0.1, 0.15) is 23.9 Å². The number of carbonyl (C=O) groups is 1. The molecule has 6 heteroatoms. The summed E-state index contributed by atoms with van der Waals surface area (Å²) in [6.45, 7) is 4.96. The fourth-order valence-corrected chi connectivity index (χ4v) is 4.55. The summed E-state index contributed by atoms with van der Waals surface area (Å²) in [5.74, 6) is 2.16. The van der Waals surface area contributed by atoms with Crippen LogP contribution in [0.4, 0.5) is 0 Å². The van der Waals surface area contributed by atoms with Crippen LogP contribution in [-0.4, -0.2) is 12.6 Å². The molecule has 0 amide bonds. The summed E-state index contributed by atoms with van der Waals surface area (Å²) < 4.78 is 24.0. The first-order chi connectivity index (χ1) is 15.5. The van der Waals surface area contributed by atoms with Crippen LogP contribution >= 0.6 is 15.9 Å². The van der Waals surface area contributed by atoms with Gasteiger partial charge in [-0.3, -0.25) is 4.79 Å². The lowest BCUT2D eigenvalue weighted by molar-refractivity contribution is -0.0176. The number of hydrogen-bond donors (Lipinski definition) is 0. The Balaban J connectivity index is 1.39. The molecular weight excluding hydrogens is 472 g/mol. The van der Waals surface area contributed by atoms with E-state index in [1.54, 1.807) is 12.1 Å². The Kier molecular flexibility index (Phi) is 5.49. The van der Waals surface area contributed by atoms with Crippen molar-refractivity contribution in [1.29, 1.82) is 0 Å². The number of fused-ring (bicyclic) bond motifs is 2. The Morgan fingerprint density at radius 3 is 2.84 bits per heavy atom. The second-order valence-electron chi connectivity index (χ2n) is 7.92. The summed E-state index contributed by atoms with van der Waals surface area (Å²) in [4.78, 5) is 12.9. The molecule has 0 radical (unpaired) electrons. The van der Waals surface area contributed by atoms with Crippen molar-refractivity contribution in [3.8, 4) is 17.2 Å². The second kappa shape index (κ2) is 8.45. The first-order valence-corrected chi connectivity index (χ1v) is 11.1. The molecule has 32 heavy (non-hydrogen) atoms. The van der Waals surface area contributed by atoms with Crippen molar-refractivity contribution in [2.45, 2.75) is 27.1 Å². The molecule has 0 spiro atoms. The van der Waals surface area contributed by atoms with Crippen LogP contribution in [0.15, 0.2) is 58.8 Å². The van der Waals surface area contributed by atoms with E-state index in [9.17, 15) is 4.79 Å². The first-order valence-electron chi connectivity index (χ1n) is 10.3. The molecule has 0 aliphatic carbocycles. The summed E-state index contributed by atoms with van der Waals surface area (Å²) in [7, 11) is 0. The maximum atomic E-state index is 12.9. The number of ether oxygens (including phenoxy) is 4. The zero-order valence-corrected chi connectivity index (χ0v) is 19.3. The van der Waals surface area contributed by atoms with Gasteiger partial charge < -0.3 is 18.9 Å². The van der Waals surface area contributed by atoms with Gasteiger partial charge >= 0.3 is 0 Å². The number of ketones is 1. The molecular formula is C26H21BrO5. The molecule has 162 valence electrons. The lowest BCUT2D eigenvalue weighted by Crippen LogP contribution is -2.14. The SMILES string of the molecule is Cc1cccc(/C=C2\Oc3cc(OCc4cc(Br)cc5c4OCOC5)cc(C)c3C2=O)c1. The van der Waals surface area contributed by atoms with Crippen molar-refractivity contribution in [2.24, 2.45) is 0 Å². The van der Waals surface area contributed by atoms with Crippen LogP contribution in [0, 0.1) is 13.8 Å². The third-order valence-corrected chi connectivity index (χ3v) is 5.89. The van der Waals surface area contributed by atoms with Gasteiger partial charge in [0.2, 0.25) is 5.78 Å². The van der Waals surface area contributed by atoms with Crippen LogP contribution < -0.4 is 14.2 Å². The van der Waals surface area contributed by atoms with E-state index in [0.717, 1.165) is 38.0 Å². The van der Waals surface area contributed by atoms with E-state index in [1.165, 1.54) is 0 Å². The average Bonchev–Trinajstić information content (AvgIpc) is 3.07. The minimum absolute atomic E-state index is 0.111. The van der Waals surface area contributed by atoms with Crippen molar-refractivity contribution in [3.63, 3.8) is 0 Å². The van der Waals surface area contributed by atoms with Crippen molar-refractivity contribution in [2.75, 3.05) is 6.79 Å². The Hall–Kier alpha value is -3.09. The van der Waals surface area contributed by atoms with Gasteiger partial charge in [0.25, 0.3) is 0 Å². The van der Waals surface area contributed by atoms with Crippen LogP contribution in [-0.2, 0) is 18.0 Å². The summed E-state index contributed by atoms with van der Waals surface area (Å²) in [5.41, 5.74) is 5.35. The monoisotopic (exact) mass is 492 g/mol. The number of allylic oxidation sites excluding steroid dienone is 1. The van der Waals surface area contributed by atoms with Gasteiger partial charge in [-0.25, -0.2) is 0 Å². The van der Waals surface area contributed by atoms with Gasteiger partial charge in [-0.15, -0.1) is 0 Å². The molecule has 0 atom stereocenters. The van der Waals surface area contributed by atoms with Gasteiger partial charge in [-0.1, -0.05) is 45.8 Å². The molecule has 3 aromatic rings. The second-order valence-corrected chi connectivity index (χ2v) is 8.84. The molecule has 0 saturated heterocycles. The number of carbonyl (C=O) groups excluding carboxylic acids is 1. The third kappa shape index (κ3) is 4.04. The minimum atomic E-state index is -0.111. The molecule has 5 rings (SSSR count). The summed E-state index contributed by atoms with van der Waals surface area (Å²) in [6, 6.07) is 15.5. The predicted octanol–water partition coefficient (Wildman–Crippen LogP) is 6.13. The zero-order valence-electron chi connectivity index (χ0n) is 17.7. The highest BCUT2D eigenvalue weighted by Gasteiger charge is 2.30. The minimum Gasteiger partial charge on any atom is -0.489 e. The van der Waals surface area contributed by atoms with Gasteiger partial charge in [0.05, 0.1) is 12.2 Å². The van der Waals surface area contributed by atoms with Crippen LogP contribution in [0.2, 0.25) is 0 Å². The topological polar surface area (TPSA) is 54.0 Å². The third-order valence-electron chi connectivity index (χ3n) is 5.43. The van der Waals surface area contributed by atoms with Crippen LogP contribution in [0.5, 0.6) is 17.2 Å². The Morgan fingerprint density at radius 1 is 1.12 bits per heavy atom. The molecule has 0 bridgehead atoms. The molecule has 0 aromatic heterocycles. The Morgan fingerprint density at radius 2 is 2.00 bits per heavy atom. The molecule has 5 nitrogen and oxygen atoms in total. The van der Waals surface area contributed by atoms with E-state index in [0.29, 0.717) is 36.0 Å². The average molecular weight is 493 g/mol. The molecule has 2 heterocycles. The van der Waals surface area contributed by atoms with E-state index in [2.05, 4.69) is 15.9 Å². The largest absolute Gasteiger partial charge is 0.489 e. The van der Waals surface area contributed by atoms with Gasteiger partial charge in [0, 0.05) is 21.7 Å². The number of benzene rings is 3. The molecule has 0 fully saturated rings. The maximum Gasteiger partial charge on any atom is 0.232 e. The normalized spacial score (nSPS) is 15.7. The van der Waals surface area contributed by atoms with Crippen molar-refractivity contribution in [1.82, 2.24) is 0 Å². The smallest absolute Gasteiger partial charge is 0.232 e.